The molecule has 0 spiro atoms. The van der Waals surface area contributed by atoms with Gasteiger partial charge in [-0.25, -0.2) is 0 Å². The Balaban J connectivity index is 0.00000107. The number of allylic oxidation sites excluding steroid dienone is 5. The molecular weight excluding hydrogens is 428 g/mol. The fourth-order valence-corrected chi connectivity index (χ4v) is 3.55. The number of benzene rings is 1. The summed E-state index contributed by atoms with van der Waals surface area (Å²) in [6, 6.07) is 3.14. The van der Waals surface area contributed by atoms with Gasteiger partial charge in [-0.15, -0.1) is 0 Å². The van der Waals surface area contributed by atoms with Crippen LogP contribution in [-0.4, -0.2) is 27.5 Å². The highest BCUT2D eigenvalue weighted by Gasteiger charge is 2.25. The summed E-state index contributed by atoms with van der Waals surface area (Å²) in [5, 5.41) is 26.2. The first-order valence-electron chi connectivity index (χ1n) is 12.2. The third kappa shape index (κ3) is 7.17. The van der Waals surface area contributed by atoms with Gasteiger partial charge in [0.15, 0.2) is 0 Å². The average molecular weight is 471 g/mol. The van der Waals surface area contributed by atoms with Crippen molar-refractivity contribution in [3.63, 3.8) is 0 Å². The Morgan fingerprint density at radius 1 is 1.15 bits per heavy atom. The average Bonchev–Trinajstić information content (AvgIpc) is 3.14. The molecule has 4 N–H and O–H groups in total. The minimum Gasteiger partial charge on any atom is -0.508 e. The molecule has 188 valence electrons. The van der Waals surface area contributed by atoms with Crippen LogP contribution in [0.5, 0.6) is 11.5 Å². The molecule has 2 aromatic rings. The van der Waals surface area contributed by atoms with Gasteiger partial charge in [-0.05, 0) is 55.4 Å². The van der Waals surface area contributed by atoms with E-state index < -0.39 is 0 Å². The van der Waals surface area contributed by atoms with Gasteiger partial charge < -0.3 is 14.9 Å². The number of aromatic amines is 2. The number of aromatic hydroxyl groups is 2. The van der Waals surface area contributed by atoms with Crippen LogP contribution in [0.25, 0.3) is 11.3 Å². The van der Waals surface area contributed by atoms with Gasteiger partial charge in [0.1, 0.15) is 11.5 Å². The lowest BCUT2D eigenvalue weighted by Gasteiger charge is -2.27. The lowest BCUT2D eigenvalue weighted by atomic mass is 9.79. The molecule has 6 heteroatoms. The number of hydrogen-bond donors (Lipinski definition) is 4. The fourth-order valence-electron chi connectivity index (χ4n) is 3.55. The van der Waals surface area contributed by atoms with Gasteiger partial charge in [0, 0.05) is 23.6 Å². The highest BCUT2D eigenvalue weighted by molar-refractivity contribution is 5.72. The lowest BCUT2D eigenvalue weighted by molar-refractivity contribution is 0.290. The topological polar surface area (TPSA) is 98.3 Å². The Hall–Kier alpha value is -3.15. The van der Waals surface area contributed by atoms with Crippen LogP contribution >= 0.6 is 0 Å². The highest BCUT2D eigenvalue weighted by atomic mass is 16.5. The van der Waals surface area contributed by atoms with Crippen LogP contribution in [0.4, 0.5) is 0 Å². The number of H-pyrrole nitrogens is 2. The molecular formula is C28H42N2O4. The fraction of sp³-hybridized carbons (Fsp3) is 0.464. The van der Waals surface area contributed by atoms with E-state index in [0.29, 0.717) is 23.2 Å². The molecule has 0 amide bonds. The first-order valence-corrected chi connectivity index (χ1v) is 12.2. The molecule has 1 aromatic carbocycles. The van der Waals surface area contributed by atoms with Gasteiger partial charge in [0.05, 0.1) is 18.6 Å². The summed E-state index contributed by atoms with van der Waals surface area (Å²) >= 11 is 0. The number of phenols is 2. The number of ether oxygens (including phenoxy) is 1. The van der Waals surface area contributed by atoms with Gasteiger partial charge >= 0.3 is 0 Å². The van der Waals surface area contributed by atoms with E-state index in [1.807, 2.05) is 33.8 Å². The number of phenolic OH excluding ortho intramolecular Hbond substituents is 2. The zero-order chi connectivity index (χ0) is 25.8. The molecule has 3 rings (SSSR count). The standard InChI is InChI=1S/C23H28N2O4.C3H8.C2H6/c1-5-15(9-13(2)14(3)29-4)10-19-22(24-25-23(19)28)18-11-17(16-7-6-8-16)20(26)12-21(18)27;1-3-2;1-2/h5,9,11-12,16,26-27H,1,6-8,10H2,2-4H3,(H2,24,25,28);3H2,1-2H3;1-2H3/b14-13+,15-9+;;. The van der Waals surface area contributed by atoms with Crippen molar-refractivity contribution in [2.24, 2.45) is 0 Å². The molecule has 0 aliphatic heterocycles. The summed E-state index contributed by atoms with van der Waals surface area (Å²) in [7, 11) is 1.61. The van der Waals surface area contributed by atoms with E-state index in [1.165, 1.54) is 12.5 Å². The van der Waals surface area contributed by atoms with E-state index in [9.17, 15) is 15.0 Å². The normalized spacial score (nSPS) is 14.0. The summed E-state index contributed by atoms with van der Waals surface area (Å²) in [5.74, 6) is 1.10. The SMILES string of the molecule is C=C/C(=C\C(C)=C(/C)OC)Cc1c(-c2cc(C3CCC3)c(O)cc2O)[nH][nH]c1=O.CC.CCC. The molecule has 0 radical (unpaired) electrons. The van der Waals surface area contributed by atoms with Crippen LogP contribution < -0.4 is 5.56 Å². The summed E-state index contributed by atoms with van der Waals surface area (Å²) in [4.78, 5) is 12.5. The van der Waals surface area contributed by atoms with Gasteiger partial charge in [0.2, 0.25) is 0 Å². The lowest BCUT2D eigenvalue weighted by Crippen LogP contribution is -2.09. The second kappa shape index (κ2) is 14.2. The third-order valence-electron chi connectivity index (χ3n) is 5.74. The predicted octanol–water partition coefficient (Wildman–Crippen LogP) is 7.09. The molecule has 34 heavy (non-hydrogen) atoms. The third-order valence-corrected chi connectivity index (χ3v) is 5.74. The first-order chi connectivity index (χ1) is 16.3. The van der Waals surface area contributed by atoms with Crippen molar-refractivity contribution in [2.75, 3.05) is 7.11 Å². The molecule has 1 aromatic heterocycles. The summed E-state index contributed by atoms with van der Waals surface area (Å²) in [6.07, 6.45) is 8.39. The Morgan fingerprint density at radius 2 is 1.76 bits per heavy atom. The van der Waals surface area contributed by atoms with E-state index in [0.717, 1.165) is 41.7 Å². The van der Waals surface area contributed by atoms with E-state index in [1.54, 1.807) is 19.3 Å². The largest absolute Gasteiger partial charge is 0.508 e. The number of methoxy groups -OCH3 is 1. The Bertz CT molecular complexity index is 1050. The minimum absolute atomic E-state index is 0.0718. The molecule has 1 saturated carbocycles. The number of nitrogens with one attached hydrogen (secondary N) is 2. The molecule has 0 unspecified atom stereocenters. The summed E-state index contributed by atoms with van der Waals surface area (Å²) in [5.41, 5.74) is 3.87. The Labute approximate surface area is 204 Å². The number of rotatable bonds is 7. The van der Waals surface area contributed by atoms with E-state index in [-0.39, 0.29) is 23.0 Å². The van der Waals surface area contributed by atoms with Crippen LogP contribution in [0, 0.1) is 0 Å². The van der Waals surface area contributed by atoms with Crippen LogP contribution in [0.2, 0.25) is 0 Å². The molecule has 1 aliphatic rings. The van der Waals surface area contributed by atoms with Crippen LogP contribution in [0.1, 0.15) is 84.3 Å². The molecule has 0 atom stereocenters. The molecule has 1 fully saturated rings. The second-order valence-corrected chi connectivity index (χ2v) is 8.24. The maximum absolute atomic E-state index is 12.5. The van der Waals surface area contributed by atoms with Crippen molar-refractivity contribution >= 4 is 0 Å². The molecule has 6 nitrogen and oxygen atoms in total. The maximum Gasteiger partial charge on any atom is 0.268 e. The quantitative estimate of drug-likeness (QED) is 0.256. The Morgan fingerprint density at radius 3 is 2.26 bits per heavy atom. The van der Waals surface area contributed by atoms with Crippen LogP contribution in [0.3, 0.4) is 0 Å². The predicted molar refractivity (Wildman–Crippen MR) is 141 cm³/mol. The molecule has 1 aliphatic carbocycles. The van der Waals surface area contributed by atoms with Gasteiger partial charge in [0.25, 0.3) is 5.56 Å². The molecule has 1 heterocycles. The van der Waals surface area contributed by atoms with Crippen molar-refractivity contribution < 1.29 is 14.9 Å². The second-order valence-electron chi connectivity index (χ2n) is 8.24. The molecule has 0 bridgehead atoms. The van der Waals surface area contributed by atoms with Crippen molar-refractivity contribution in [1.82, 2.24) is 10.2 Å². The zero-order valence-corrected chi connectivity index (χ0v) is 21.8. The smallest absolute Gasteiger partial charge is 0.268 e. The maximum atomic E-state index is 12.5. The number of aromatic nitrogens is 2. The summed E-state index contributed by atoms with van der Waals surface area (Å²) in [6.45, 7) is 15.9. The van der Waals surface area contributed by atoms with E-state index >= 15 is 0 Å². The first kappa shape index (κ1) is 28.9. The van der Waals surface area contributed by atoms with E-state index in [2.05, 4.69) is 30.6 Å². The Kier molecular flexibility index (Phi) is 12.1. The van der Waals surface area contributed by atoms with Crippen molar-refractivity contribution in [2.45, 2.75) is 79.6 Å². The van der Waals surface area contributed by atoms with Crippen LogP contribution in [0.15, 0.2) is 52.6 Å². The van der Waals surface area contributed by atoms with Gasteiger partial charge in [-0.3, -0.25) is 15.0 Å². The summed E-state index contributed by atoms with van der Waals surface area (Å²) < 4.78 is 5.26. The number of hydrogen-bond acceptors (Lipinski definition) is 4. The zero-order valence-electron chi connectivity index (χ0n) is 21.8. The minimum atomic E-state index is -0.254. The van der Waals surface area contributed by atoms with Gasteiger partial charge in [-0.2, -0.15) is 0 Å². The van der Waals surface area contributed by atoms with E-state index in [4.69, 9.17) is 4.74 Å². The van der Waals surface area contributed by atoms with Gasteiger partial charge in [-0.1, -0.05) is 59.3 Å². The van der Waals surface area contributed by atoms with Crippen molar-refractivity contribution in [1.29, 1.82) is 0 Å². The van der Waals surface area contributed by atoms with Crippen LogP contribution in [-0.2, 0) is 11.2 Å². The molecule has 0 saturated heterocycles. The highest BCUT2D eigenvalue weighted by Crippen LogP contribution is 2.44. The monoisotopic (exact) mass is 470 g/mol. The van der Waals surface area contributed by atoms with Crippen molar-refractivity contribution in [3.05, 3.63) is 69.2 Å². The van der Waals surface area contributed by atoms with Crippen molar-refractivity contribution in [3.8, 4) is 22.8 Å².